The molecule has 2 amide bonds. The number of likely N-dealkylation sites (tertiary alicyclic amines) is 1. The second-order valence-electron chi connectivity index (χ2n) is 7.49. The van der Waals surface area contributed by atoms with Gasteiger partial charge in [-0.2, -0.15) is 5.10 Å². The molecule has 1 aromatic carbocycles. The molecule has 1 atom stereocenters. The molecule has 8 heteroatoms. The van der Waals surface area contributed by atoms with E-state index in [1.807, 2.05) is 31.2 Å². The topological polar surface area (TPSA) is 105 Å². The lowest BCUT2D eigenvalue weighted by atomic mass is 10.00. The SMILES string of the molecule is CC(=O)NC(CC(=O)N1CCC(n2cc(C(=O)O)cn2)CC1)c1ccc(C)cc1. The van der Waals surface area contributed by atoms with Gasteiger partial charge >= 0.3 is 5.97 Å². The molecular formula is C21H26N4O4. The van der Waals surface area contributed by atoms with E-state index in [4.69, 9.17) is 5.11 Å². The molecule has 8 nitrogen and oxygen atoms in total. The monoisotopic (exact) mass is 398 g/mol. The number of piperidine rings is 1. The summed E-state index contributed by atoms with van der Waals surface area (Å²) in [6.45, 7) is 4.59. The molecule has 3 rings (SSSR count). The van der Waals surface area contributed by atoms with Crippen LogP contribution >= 0.6 is 0 Å². The van der Waals surface area contributed by atoms with Crippen molar-refractivity contribution in [1.29, 1.82) is 0 Å². The Morgan fingerprint density at radius 2 is 1.86 bits per heavy atom. The Bertz CT molecular complexity index is 882. The molecule has 154 valence electrons. The summed E-state index contributed by atoms with van der Waals surface area (Å²) in [4.78, 5) is 37.3. The van der Waals surface area contributed by atoms with Crippen molar-refractivity contribution in [3.8, 4) is 0 Å². The molecule has 1 unspecified atom stereocenters. The summed E-state index contributed by atoms with van der Waals surface area (Å²) in [5, 5.41) is 16.1. The van der Waals surface area contributed by atoms with E-state index in [2.05, 4.69) is 10.4 Å². The van der Waals surface area contributed by atoms with Crippen LogP contribution in [0, 0.1) is 6.92 Å². The highest BCUT2D eigenvalue weighted by molar-refractivity contribution is 5.86. The predicted molar refractivity (Wildman–Crippen MR) is 106 cm³/mol. The fraction of sp³-hybridized carbons (Fsp3) is 0.429. The largest absolute Gasteiger partial charge is 0.478 e. The molecule has 1 aromatic heterocycles. The van der Waals surface area contributed by atoms with E-state index in [-0.39, 0.29) is 35.9 Å². The fourth-order valence-electron chi connectivity index (χ4n) is 3.63. The molecule has 0 saturated carbocycles. The van der Waals surface area contributed by atoms with Crippen molar-refractivity contribution >= 4 is 17.8 Å². The zero-order valence-electron chi connectivity index (χ0n) is 16.7. The van der Waals surface area contributed by atoms with Crippen LogP contribution in [0.1, 0.15) is 59.8 Å². The summed E-state index contributed by atoms with van der Waals surface area (Å²) in [6.07, 6.45) is 4.51. The third-order valence-electron chi connectivity index (χ3n) is 5.28. The Labute approximate surface area is 169 Å². The molecule has 1 fully saturated rings. The Hall–Kier alpha value is -3.16. The van der Waals surface area contributed by atoms with Gasteiger partial charge in [-0.3, -0.25) is 14.3 Å². The highest BCUT2D eigenvalue weighted by atomic mass is 16.4. The number of hydrogen-bond donors (Lipinski definition) is 2. The Kier molecular flexibility index (Phi) is 6.31. The number of carboxylic acid groups (broad SMARTS) is 1. The second-order valence-corrected chi connectivity index (χ2v) is 7.49. The van der Waals surface area contributed by atoms with Crippen LogP contribution in [0.3, 0.4) is 0 Å². The highest BCUT2D eigenvalue weighted by Crippen LogP contribution is 2.25. The van der Waals surface area contributed by atoms with E-state index in [1.165, 1.54) is 19.3 Å². The van der Waals surface area contributed by atoms with E-state index >= 15 is 0 Å². The van der Waals surface area contributed by atoms with Gasteiger partial charge in [-0.1, -0.05) is 29.8 Å². The van der Waals surface area contributed by atoms with Crippen LogP contribution in [-0.2, 0) is 9.59 Å². The third-order valence-corrected chi connectivity index (χ3v) is 5.28. The average Bonchev–Trinajstić information content (AvgIpc) is 3.18. The van der Waals surface area contributed by atoms with Crippen molar-refractivity contribution < 1.29 is 19.5 Å². The molecule has 1 saturated heterocycles. The van der Waals surface area contributed by atoms with Crippen molar-refractivity contribution in [2.24, 2.45) is 0 Å². The van der Waals surface area contributed by atoms with Gasteiger partial charge in [-0.25, -0.2) is 4.79 Å². The quantitative estimate of drug-likeness (QED) is 0.777. The first kappa shape index (κ1) is 20.6. The number of aromatic nitrogens is 2. The zero-order valence-corrected chi connectivity index (χ0v) is 16.7. The number of aryl methyl sites for hydroxylation is 1. The molecular weight excluding hydrogens is 372 g/mol. The number of carbonyl (C=O) groups is 3. The van der Waals surface area contributed by atoms with Crippen molar-refractivity contribution in [2.75, 3.05) is 13.1 Å². The van der Waals surface area contributed by atoms with Crippen molar-refractivity contribution in [3.05, 3.63) is 53.3 Å². The lowest BCUT2D eigenvalue weighted by molar-refractivity contribution is -0.133. The van der Waals surface area contributed by atoms with Crippen molar-refractivity contribution in [3.63, 3.8) is 0 Å². The van der Waals surface area contributed by atoms with Crippen molar-refractivity contribution in [2.45, 2.75) is 45.2 Å². The van der Waals surface area contributed by atoms with Gasteiger partial charge in [-0.15, -0.1) is 0 Å². The maximum Gasteiger partial charge on any atom is 0.338 e. The van der Waals surface area contributed by atoms with Gasteiger partial charge in [0.1, 0.15) is 0 Å². The van der Waals surface area contributed by atoms with E-state index in [1.54, 1.807) is 9.58 Å². The highest BCUT2D eigenvalue weighted by Gasteiger charge is 2.27. The third kappa shape index (κ3) is 5.22. The summed E-state index contributed by atoms with van der Waals surface area (Å²) in [5.41, 5.74) is 2.19. The molecule has 0 radical (unpaired) electrons. The Morgan fingerprint density at radius 1 is 1.21 bits per heavy atom. The summed E-state index contributed by atoms with van der Waals surface area (Å²) in [7, 11) is 0. The first-order valence-electron chi connectivity index (χ1n) is 9.72. The number of benzene rings is 1. The average molecular weight is 398 g/mol. The van der Waals surface area contributed by atoms with Crippen molar-refractivity contribution in [1.82, 2.24) is 20.0 Å². The Morgan fingerprint density at radius 3 is 2.41 bits per heavy atom. The van der Waals surface area contributed by atoms with Crippen LogP contribution in [0.15, 0.2) is 36.7 Å². The number of rotatable bonds is 6. The van der Waals surface area contributed by atoms with Crippen LogP contribution in [0.5, 0.6) is 0 Å². The predicted octanol–water partition coefficient (Wildman–Crippen LogP) is 2.32. The van der Waals surface area contributed by atoms with E-state index < -0.39 is 5.97 Å². The van der Waals surface area contributed by atoms with Gasteiger partial charge in [-0.05, 0) is 25.3 Å². The molecule has 29 heavy (non-hydrogen) atoms. The minimum Gasteiger partial charge on any atom is -0.478 e. The Balaban J connectivity index is 1.60. The maximum absolute atomic E-state index is 12.8. The molecule has 2 aromatic rings. The lowest BCUT2D eigenvalue weighted by Gasteiger charge is -2.33. The summed E-state index contributed by atoms with van der Waals surface area (Å²) >= 11 is 0. The first-order valence-corrected chi connectivity index (χ1v) is 9.72. The molecule has 0 bridgehead atoms. The van der Waals surface area contributed by atoms with Crippen LogP contribution in [0.4, 0.5) is 0 Å². The van der Waals surface area contributed by atoms with Crippen LogP contribution in [0.25, 0.3) is 0 Å². The molecule has 1 aliphatic heterocycles. The van der Waals surface area contributed by atoms with Crippen LogP contribution in [-0.4, -0.2) is 50.7 Å². The molecule has 2 N–H and O–H groups in total. The van der Waals surface area contributed by atoms with E-state index in [9.17, 15) is 14.4 Å². The smallest absolute Gasteiger partial charge is 0.338 e. The van der Waals surface area contributed by atoms with E-state index in [0.29, 0.717) is 25.9 Å². The standard InChI is InChI=1S/C21H26N4O4/c1-14-3-5-16(6-4-14)19(23-15(2)26)11-20(27)24-9-7-18(8-10-24)25-13-17(12-22-25)21(28)29/h3-6,12-13,18-19H,7-11H2,1-2H3,(H,23,26)(H,28,29). The number of nitrogens with one attached hydrogen (secondary N) is 1. The summed E-state index contributed by atoms with van der Waals surface area (Å²) in [6, 6.07) is 7.53. The molecule has 0 spiro atoms. The van der Waals surface area contributed by atoms with Gasteiger partial charge in [0.2, 0.25) is 11.8 Å². The number of carboxylic acids is 1. The lowest BCUT2D eigenvalue weighted by Crippen LogP contribution is -2.41. The molecule has 0 aliphatic carbocycles. The number of nitrogens with zero attached hydrogens (tertiary/aromatic N) is 3. The normalized spacial score (nSPS) is 15.7. The number of aromatic carboxylic acids is 1. The summed E-state index contributed by atoms with van der Waals surface area (Å²) in [5.74, 6) is -1.17. The molecule has 1 aliphatic rings. The number of carbonyl (C=O) groups excluding carboxylic acids is 2. The molecule has 2 heterocycles. The fourth-order valence-corrected chi connectivity index (χ4v) is 3.63. The minimum absolute atomic E-state index is 0.00512. The second kappa shape index (κ2) is 8.89. The van der Waals surface area contributed by atoms with Crippen LogP contribution in [0.2, 0.25) is 0 Å². The number of amides is 2. The zero-order chi connectivity index (χ0) is 21.0. The van der Waals surface area contributed by atoms with Gasteiger partial charge in [0.25, 0.3) is 0 Å². The number of hydrogen-bond acceptors (Lipinski definition) is 4. The van der Waals surface area contributed by atoms with Gasteiger partial charge in [0, 0.05) is 26.2 Å². The van der Waals surface area contributed by atoms with Crippen LogP contribution < -0.4 is 5.32 Å². The van der Waals surface area contributed by atoms with Gasteiger partial charge in [0.05, 0.1) is 30.3 Å². The summed E-state index contributed by atoms with van der Waals surface area (Å²) < 4.78 is 1.68. The van der Waals surface area contributed by atoms with E-state index in [0.717, 1.165) is 11.1 Å². The minimum atomic E-state index is -0.996. The van der Waals surface area contributed by atoms with Gasteiger partial charge < -0.3 is 15.3 Å². The van der Waals surface area contributed by atoms with Gasteiger partial charge in [0.15, 0.2) is 0 Å². The maximum atomic E-state index is 12.8. The first-order chi connectivity index (χ1) is 13.8.